The summed E-state index contributed by atoms with van der Waals surface area (Å²) in [7, 11) is 0. The Labute approximate surface area is 195 Å². The van der Waals surface area contributed by atoms with Crippen LogP contribution in [0.3, 0.4) is 0 Å². The molecule has 34 heavy (non-hydrogen) atoms. The van der Waals surface area contributed by atoms with E-state index in [0.717, 1.165) is 11.1 Å². The molecule has 4 rings (SSSR count). The van der Waals surface area contributed by atoms with Crippen molar-refractivity contribution >= 4 is 23.2 Å². The lowest BCUT2D eigenvalue weighted by Crippen LogP contribution is -2.45. The zero-order chi connectivity index (χ0) is 24.1. The minimum atomic E-state index is -0.566. The van der Waals surface area contributed by atoms with Crippen LogP contribution in [-0.4, -0.2) is 34.9 Å². The summed E-state index contributed by atoms with van der Waals surface area (Å²) >= 11 is 0. The highest BCUT2D eigenvalue weighted by Gasteiger charge is 2.29. The number of nitrogens with zero attached hydrogens (tertiary/aromatic N) is 3. The summed E-state index contributed by atoms with van der Waals surface area (Å²) < 4.78 is 11.1. The molecule has 0 fully saturated rings. The summed E-state index contributed by atoms with van der Waals surface area (Å²) in [6.45, 7) is 1.69. The number of fused-ring (bicyclic) bond motifs is 1. The van der Waals surface area contributed by atoms with Crippen LogP contribution in [0.2, 0.25) is 0 Å². The molecular formula is C24H22N4O6. The maximum absolute atomic E-state index is 12.7. The molecule has 2 amide bonds. The molecule has 1 atom stereocenters. The van der Waals surface area contributed by atoms with E-state index in [9.17, 15) is 19.7 Å². The van der Waals surface area contributed by atoms with Gasteiger partial charge in [-0.1, -0.05) is 18.2 Å². The summed E-state index contributed by atoms with van der Waals surface area (Å²) in [5.41, 5.74) is 1.81. The van der Waals surface area contributed by atoms with Gasteiger partial charge in [-0.15, -0.1) is 0 Å². The van der Waals surface area contributed by atoms with Gasteiger partial charge in [0.15, 0.2) is 6.61 Å². The molecule has 1 unspecified atom stereocenters. The monoisotopic (exact) mass is 462 g/mol. The molecule has 1 aromatic heterocycles. The highest BCUT2D eigenvalue weighted by molar-refractivity contribution is 6.02. The fourth-order valence-corrected chi connectivity index (χ4v) is 3.49. The molecule has 10 nitrogen and oxygen atoms in total. The predicted molar refractivity (Wildman–Crippen MR) is 123 cm³/mol. The quantitative estimate of drug-likeness (QED) is 0.403. The van der Waals surface area contributed by atoms with Crippen LogP contribution in [0.4, 0.5) is 11.4 Å². The van der Waals surface area contributed by atoms with Crippen molar-refractivity contribution in [2.75, 3.05) is 18.1 Å². The van der Waals surface area contributed by atoms with Crippen LogP contribution in [0.5, 0.6) is 11.5 Å². The van der Waals surface area contributed by atoms with Crippen molar-refractivity contribution in [1.29, 1.82) is 0 Å². The Balaban J connectivity index is 1.37. The molecule has 1 aliphatic heterocycles. The van der Waals surface area contributed by atoms with Gasteiger partial charge in [0.25, 0.3) is 11.6 Å². The first-order valence-electron chi connectivity index (χ1n) is 10.5. The molecule has 1 N–H and O–H groups in total. The Morgan fingerprint density at radius 1 is 1.26 bits per heavy atom. The Kier molecular flexibility index (Phi) is 6.67. The Morgan fingerprint density at radius 2 is 2.06 bits per heavy atom. The van der Waals surface area contributed by atoms with Crippen molar-refractivity contribution in [3.05, 3.63) is 88.2 Å². The minimum Gasteiger partial charge on any atom is -0.489 e. The first kappa shape index (κ1) is 22.7. The number of nitro benzene ring substituents is 1. The number of benzene rings is 2. The van der Waals surface area contributed by atoms with Crippen molar-refractivity contribution in [2.24, 2.45) is 0 Å². The molecule has 174 valence electrons. The number of hydrogen-bond donors (Lipinski definition) is 1. The van der Waals surface area contributed by atoms with Crippen molar-refractivity contribution in [3.8, 4) is 11.5 Å². The van der Waals surface area contributed by atoms with Crippen LogP contribution < -0.4 is 19.7 Å². The van der Waals surface area contributed by atoms with Gasteiger partial charge in [-0.05, 0) is 36.8 Å². The largest absolute Gasteiger partial charge is 0.489 e. The number of amides is 2. The molecule has 3 aromatic rings. The molecule has 1 aliphatic rings. The number of ether oxygens (including phenoxy) is 2. The van der Waals surface area contributed by atoms with Gasteiger partial charge in [0, 0.05) is 30.1 Å². The normalized spacial score (nSPS) is 13.4. The molecule has 0 saturated carbocycles. The van der Waals surface area contributed by atoms with Gasteiger partial charge in [0.1, 0.15) is 24.7 Å². The molecule has 2 aromatic carbocycles. The zero-order valence-corrected chi connectivity index (χ0v) is 18.3. The number of rotatable bonds is 8. The number of nitro groups is 1. The van der Waals surface area contributed by atoms with E-state index < -0.39 is 16.7 Å². The average molecular weight is 462 g/mol. The predicted octanol–water partition coefficient (Wildman–Crippen LogP) is 3.17. The number of aromatic nitrogens is 1. The average Bonchev–Trinajstić information content (AvgIpc) is 2.85. The van der Waals surface area contributed by atoms with Crippen LogP contribution >= 0.6 is 0 Å². The number of nitrogens with one attached hydrogen (secondary N) is 1. The number of non-ortho nitro benzene ring substituents is 1. The zero-order valence-electron chi connectivity index (χ0n) is 18.3. The van der Waals surface area contributed by atoms with Crippen molar-refractivity contribution in [2.45, 2.75) is 19.6 Å². The van der Waals surface area contributed by atoms with Crippen LogP contribution in [0, 0.1) is 10.1 Å². The summed E-state index contributed by atoms with van der Waals surface area (Å²) in [6.07, 6.45) is 3.44. The number of pyridine rings is 1. The minimum absolute atomic E-state index is 0.193. The first-order valence-corrected chi connectivity index (χ1v) is 10.5. The SMILES string of the molecule is CC(NC(=O)CN1C(=O)COc2ccc([N+](=O)[O-])cc21)c1ccc(OCc2cccnc2)cc1. The highest BCUT2D eigenvalue weighted by Crippen LogP contribution is 2.35. The lowest BCUT2D eigenvalue weighted by Gasteiger charge is -2.29. The third-order valence-electron chi connectivity index (χ3n) is 5.28. The van der Waals surface area contributed by atoms with Crippen molar-refractivity contribution < 1.29 is 24.0 Å². The standard InChI is InChI=1S/C24H22N4O6/c1-16(18-4-7-20(8-5-18)33-14-17-3-2-10-25-12-17)26-23(29)13-27-21-11-19(28(31)32)6-9-22(21)34-15-24(27)30/h2-12,16H,13-15H2,1H3,(H,26,29). The van der Waals surface area contributed by atoms with E-state index >= 15 is 0 Å². The molecule has 2 heterocycles. The van der Waals surface area contributed by atoms with E-state index in [-0.39, 0.29) is 30.6 Å². The van der Waals surface area contributed by atoms with Gasteiger partial charge in [-0.25, -0.2) is 0 Å². The Hall–Kier alpha value is -4.47. The second kappa shape index (κ2) is 9.99. The van der Waals surface area contributed by atoms with Crippen molar-refractivity contribution in [3.63, 3.8) is 0 Å². The van der Waals surface area contributed by atoms with Gasteiger partial charge >= 0.3 is 0 Å². The molecular weight excluding hydrogens is 440 g/mol. The number of carbonyl (C=O) groups is 2. The highest BCUT2D eigenvalue weighted by atomic mass is 16.6. The molecule has 0 bridgehead atoms. The topological polar surface area (TPSA) is 124 Å². The maximum atomic E-state index is 12.7. The van der Waals surface area contributed by atoms with Gasteiger partial charge in [-0.2, -0.15) is 0 Å². The third-order valence-corrected chi connectivity index (χ3v) is 5.28. The fraction of sp³-hybridized carbons (Fsp3) is 0.208. The maximum Gasteiger partial charge on any atom is 0.271 e. The van der Waals surface area contributed by atoms with Crippen LogP contribution in [0.25, 0.3) is 0 Å². The number of anilines is 1. The van der Waals surface area contributed by atoms with Gasteiger partial charge in [0.2, 0.25) is 5.91 Å². The van der Waals surface area contributed by atoms with E-state index in [0.29, 0.717) is 18.1 Å². The Morgan fingerprint density at radius 3 is 2.76 bits per heavy atom. The van der Waals surface area contributed by atoms with E-state index in [4.69, 9.17) is 9.47 Å². The van der Waals surface area contributed by atoms with E-state index in [1.807, 2.05) is 43.3 Å². The number of hydrogen-bond acceptors (Lipinski definition) is 7. The third kappa shape index (κ3) is 5.29. The molecule has 0 aliphatic carbocycles. The van der Waals surface area contributed by atoms with E-state index in [2.05, 4.69) is 10.3 Å². The summed E-state index contributed by atoms with van der Waals surface area (Å²) in [6, 6.07) is 14.7. The molecule has 0 radical (unpaired) electrons. The molecule has 10 heteroatoms. The van der Waals surface area contributed by atoms with E-state index in [1.54, 1.807) is 12.4 Å². The first-order chi connectivity index (χ1) is 16.4. The van der Waals surface area contributed by atoms with Crippen LogP contribution in [0.1, 0.15) is 24.1 Å². The van der Waals surface area contributed by atoms with Gasteiger partial charge in [0.05, 0.1) is 16.7 Å². The second-order valence-electron chi connectivity index (χ2n) is 7.69. The summed E-state index contributed by atoms with van der Waals surface area (Å²) in [4.78, 5) is 40.8. The summed E-state index contributed by atoms with van der Waals surface area (Å²) in [5.74, 6) is 0.138. The van der Waals surface area contributed by atoms with Crippen molar-refractivity contribution in [1.82, 2.24) is 10.3 Å². The lowest BCUT2D eigenvalue weighted by atomic mass is 10.1. The van der Waals surface area contributed by atoms with Crippen LogP contribution in [0.15, 0.2) is 67.0 Å². The molecule has 0 spiro atoms. The Bertz CT molecular complexity index is 1200. The smallest absolute Gasteiger partial charge is 0.271 e. The fourth-order valence-electron chi connectivity index (χ4n) is 3.49. The van der Waals surface area contributed by atoms with Crippen LogP contribution in [-0.2, 0) is 16.2 Å². The second-order valence-corrected chi connectivity index (χ2v) is 7.69. The lowest BCUT2D eigenvalue weighted by molar-refractivity contribution is -0.384. The summed E-state index contributed by atoms with van der Waals surface area (Å²) in [5, 5.41) is 14.0. The van der Waals surface area contributed by atoms with E-state index in [1.165, 1.54) is 23.1 Å². The van der Waals surface area contributed by atoms with Gasteiger partial charge in [-0.3, -0.25) is 29.6 Å². The number of carbonyl (C=O) groups excluding carboxylic acids is 2. The van der Waals surface area contributed by atoms with Gasteiger partial charge < -0.3 is 14.8 Å². The molecule has 0 saturated heterocycles.